The second kappa shape index (κ2) is 8.91. The van der Waals surface area contributed by atoms with Gasteiger partial charge in [-0.1, -0.05) is 42.8 Å². The van der Waals surface area contributed by atoms with Crippen LogP contribution in [-0.4, -0.2) is 36.4 Å². The first-order valence-electron chi connectivity index (χ1n) is 9.91. The van der Waals surface area contributed by atoms with Gasteiger partial charge >= 0.3 is 0 Å². The minimum atomic E-state index is -0.141. The summed E-state index contributed by atoms with van der Waals surface area (Å²) in [6, 6.07) is 14.1. The van der Waals surface area contributed by atoms with Crippen molar-refractivity contribution in [3.8, 4) is 5.75 Å². The number of likely N-dealkylation sites (N-methyl/N-ethyl adjacent to an activating group) is 1. The van der Waals surface area contributed by atoms with Crippen LogP contribution in [0.1, 0.15) is 48.6 Å². The zero-order chi connectivity index (χ0) is 20.1. The molecule has 3 rings (SSSR count). The lowest BCUT2D eigenvalue weighted by atomic mass is 9.87. The fraction of sp³-hybridized carbons (Fsp3) is 0.391. The Balaban J connectivity index is 1.95. The number of aryl methyl sites for hydroxylation is 1. The van der Waals surface area contributed by atoms with Crippen molar-refractivity contribution in [2.45, 2.75) is 39.7 Å². The van der Waals surface area contributed by atoms with Gasteiger partial charge in [0.25, 0.3) is 5.91 Å². The van der Waals surface area contributed by atoms with Gasteiger partial charge in [-0.05, 0) is 49.1 Å². The molecule has 1 heterocycles. The van der Waals surface area contributed by atoms with Gasteiger partial charge < -0.3 is 15.0 Å². The standard InChI is InChI=1S/C23H28N2O3/c1-4-22(27)25-13-12-17-10-11-19(28-15-21(26)24-5-2)14-20(17)23(25)18-8-6-16(3)7-9-18/h6-11,14,23H,4-5,12-13,15H2,1-3H3,(H,24,26)/t23-/m0/s1. The normalized spacial score (nSPS) is 15.7. The van der Waals surface area contributed by atoms with E-state index in [2.05, 4.69) is 42.6 Å². The Morgan fingerprint density at radius 2 is 1.89 bits per heavy atom. The summed E-state index contributed by atoms with van der Waals surface area (Å²) in [7, 11) is 0. The number of nitrogens with zero attached hydrogens (tertiary/aromatic N) is 1. The first-order valence-corrected chi connectivity index (χ1v) is 9.91. The molecule has 0 unspecified atom stereocenters. The molecule has 0 bridgehead atoms. The van der Waals surface area contributed by atoms with Crippen molar-refractivity contribution in [2.24, 2.45) is 0 Å². The maximum absolute atomic E-state index is 12.6. The van der Waals surface area contributed by atoms with E-state index in [4.69, 9.17) is 4.74 Å². The van der Waals surface area contributed by atoms with Gasteiger partial charge in [0.15, 0.2) is 6.61 Å². The number of rotatable bonds is 6. The molecule has 0 fully saturated rings. The SMILES string of the molecule is CCNC(=O)COc1ccc2c(c1)[C@H](c1ccc(C)cc1)N(C(=O)CC)CC2. The van der Waals surface area contributed by atoms with Crippen molar-refractivity contribution < 1.29 is 14.3 Å². The summed E-state index contributed by atoms with van der Waals surface area (Å²) in [6.45, 7) is 7.10. The topological polar surface area (TPSA) is 58.6 Å². The highest BCUT2D eigenvalue weighted by molar-refractivity contribution is 5.78. The fourth-order valence-electron chi connectivity index (χ4n) is 3.66. The second-order valence-corrected chi connectivity index (χ2v) is 7.11. The van der Waals surface area contributed by atoms with Crippen LogP contribution in [0.4, 0.5) is 0 Å². The van der Waals surface area contributed by atoms with Gasteiger partial charge in [-0.15, -0.1) is 0 Å². The molecule has 2 amide bonds. The summed E-state index contributed by atoms with van der Waals surface area (Å²) in [5, 5.41) is 2.73. The molecule has 1 atom stereocenters. The Hall–Kier alpha value is -2.82. The van der Waals surface area contributed by atoms with E-state index in [0.29, 0.717) is 25.3 Å². The maximum atomic E-state index is 12.6. The number of fused-ring (bicyclic) bond motifs is 1. The average Bonchev–Trinajstić information content (AvgIpc) is 2.71. The van der Waals surface area contributed by atoms with E-state index in [-0.39, 0.29) is 24.5 Å². The second-order valence-electron chi connectivity index (χ2n) is 7.11. The third-order valence-corrected chi connectivity index (χ3v) is 5.11. The summed E-state index contributed by atoms with van der Waals surface area (Å²) < 4.78 is 5.70. The Morgan fingerprint density at radius 1 is 1.14 bits per heavy atom. The number of nitrogens with one attached hydrogen (secondary N) is 1. The predicted molar refractivity (Wildman–Crippen MR) is 109 cm³/mol. The number of carbonyl (C=O) groups is 2. The third kappa shape index (κ3) is 4.35. The van der Waals surface area contributed by atoms with Gasteiger partial charge in [-0.2, -0.15) is 0 Å². The van der Waals surface area contributed by atoms with Crippen LogP contribution >= 0.6 is 0 Å². The Morgan fingerprint density at radius 3 is 2.57 bits per heavy atom. The number of hydrogen-bond acceptors (Lipinski definition) is 3. The van der Waals surface area contributed by atoms with Crippen LogP contribution < -0.4 is 10.1 Å². The van der Waals surface area contributed by atoms with Crippen LogP contribution in [0.3, 0.4) is 0 Å². The fourth-order valence-corrected chi connectivity index (χ4v) is 3.66. The molecular weight excluding hydrogens is 352 g/mol. The van der Waals surface area contributed by atoms with E-state index in [0.717, 1.165) is 17.5 Å². The molecule has 0 saturated heterocycles. The molecule has 0 aromatic heterocycles. The predicted octanol–water partition coefficient (Wildman–Crippen LogP) is 3.39. The van der Waals surface area contributed by atoms with Crippen molar-refractivity contribution >= 4 is 11.8 Å². The molecule has 0 saturated carbocycles. The number of ether oxygens (including phenoxy) is 1. The number of hydrogen-bond donors (Lipinski definition) is 1. The number of benzene rings is 2. The summed E-state index contributed by atoms with van der Waals surface area (Å²) in [6.07, 6.45) is 1.30. The van der Waals surface area contributed by atoms with Crippen LogP contribution in [0.5, 0.6) is 5.75 Å². The molecule has 1 N–H and O–H groups in total. The van der Waals surface area contributed by atoms with Crippen molar-refractivity contribution in [2.75, 3.05) is 19.7 Å². The van der Waals surface area contributed by atoms with E-state index < -0.39 is 0 Å². The lowest BCUT2D eigenvalue weighted by molar-refractivity contribution is -0.133. The molecule has 0 radical (unpaired) electrons. The van der Waals surface area contributed by atoms with Crippen molar-refractivity contribution in [3.63, 3.8) is 0 Å². The average molecular weight is 380 g/mol. The highest BCUT2D eigenvalue weighted by atomic mass is 16.5. The lowest BCUT2D eigenvalue weighted by Crippen LogP contribution is -2.40. The quantitative estimate of drug-likeness (QED) is 0.836. The van der Waals surface area contributed by atoms with Gasteiger partial charge in [0.05, 0.1) is 6.04 Å². The smallest absolute Gasteiger partial charge is 0.257 e. The zero-order valence-corrected chi connectivity index (χ0v) is 16.8. The van der Waals surface area contributed by atoms with Crippen molar-refractivity contribution in [1.82, 2.24) is 10.2 Å². The van der Waals surface area contributed by atoms with E-state index in [9.17, 15) is 9.59 Å². The molecule has 0 spiro atoms. The van der Waals surface area contributed by atoms with Crippen molar-refractivity contribution in [1.29, 1.82) is 0 Å². The zero-order valence-electron chi connectivity index (χ0n) is 16.8. The van der Waals surface area contributed by atoms with Crippen LogP contribution in [-0.2, 0) is 16.0 Å². The van der Waals surface area contributed by atoms with Crippen molar-refractivity contribution in [3.05, 3.63) is 64.7 Å². The molecule has 0 aliphatic carbocycles. The molecule has 148 valence electrons. The first-order chi connectivity index (χ1) is 13.5. The molecule has 5 nitrogen and oxygen atoms in total. The van der Waals surface area contributed by atoms with Gasteiger partial charge in [0.2, 0.25) is 5.91 Å². The van der Waals surface area contributed by atoms with Gasteiger partial charge in [0, 0.05) is 19.5 Å². The van der Waals surface area contributed by atoms with E-state index >= 15 is 0 Å². The van der Waals surface area contributed by atoms with E-state index in [1.165, 1.54) is 11.1 Å². The highest BCUT2D eigenvalue weighted by Gasteiger charge is 2.31. The molecule has 5 heteroatoms. The molecule has 28 heavy (non-hydrogen) atoms. The third-order valence-electron chi connectivity index (χ3n) is 5.11. The molecule has 1 aliphatic heterocycles. The van der Waals surface area contributed by atoms with Gasteiger partial charge in [0.1, 0.15) is 5.75 Å². The minimum Gasteiger partial charge on any atom is -0.484 e. The van der Waals surface area contributed by atoms with Crippen LogP contribution in [0.25, 0.3) is 0 Å². The Kier molecular flexibility index (Phi) is 6.34. The molecular formula is C23H28N2O3. The van der Waals surface area contributed by atoms with E-state index in [1.54, 1.807) is 0 Å². The van der Waals surface area contributed by atoms with Crippen LogP contribution in [0, 0.1) is 6.92 Å². The van der Waals surface area contributed by atoms with Crippen LogP contribution in [0.2, 0.25) is 0 Å². The maximum Gasteiger partial charge on any atom is 0.257 e. The lowest BCUT2D eigenvalue weighted by Gasteiger charge is -2.38. The monoisotopic (exact) mass is 380 g/mol. The van der Waals surface area contributed by atoms with E-state index in [1.807, 2.05) is 30.9 Å². The highest BCUT2D eigenvalue weighted by Crippen LogP contribution is 2.37. The van der Waals surface area contributed by atoms with Crippen LogP contribution in [0.15, 0.2) is 42.5 Å². The Bertz CT molecular complexity index is 845. The largest absolute Gasteiger partial charge is 0.484 e. The summed E-state index contributed by atoms with van der Waals surface area (Å²) in [4.78, 5) is 26.3. The number of carbonyl (C=O) groups excluding carboxylic acids is 2. The Labute approximate surface area is 166 Å². The first kappa shape index (κ1) is 19.9. The summed E-state index contributed by atoms with van der Waals surface area (Å²) in [5.41, 5.74) is 4.57. The summed E-state index contributed by atoms with van der Waals surface area (Å²) >= 11 is 0. The molecule has 2 aromatic rings. The van der Waals surface area contributed by atoms with Gasteiger partial charge in [-0.25, -0.2) is 0 Å². The minimum absolute atomic E-state index is 0.0145. The molecule has 2 aromatic carbocycles. The number of amides is 2. The molecule has 1 aliphatic rings. The van der Waals surface area contributed by atoms with Gasteiger partial charge in [-0.3, -0.25) is 9.59 Å². The summed E-state index contributed by atoms with van der Waals surface area (Å²) in [5.74, 6) is 0.649.